The summed E-state index contributed by atoms with van der Waals surface area (Å²) in [7, 11) is 0. The van der Waals surface area contributed by atoms with Gasteiger partial charge in [0.2, 0.25) is 0 Å². The highest BCUT2D eigenvalue weighted by atomic mass is 32.1. The normalized spacial score (nSPS) is 20.1. The Hall–Kier alpha value is -1.20. The summed E-state index contributed by atoms with van der Waals surface area (Å²) >= 11 is 1.91. The van der Waals surface area contributed by atoms with E-state index >= 15 is 0 Å². The zero-order chi connectivity index (χ0) is 14.9. The minimum absolute atomic E-state index is 1.09. The molecule has 0 radical (unpaired) electrons. The SMILES string of the molecule is CCN1CCN(c2ncnc3sc4c(c23)CCCCC4)CC1. The fraction of sp³-hybridized carbons (Fsp3) is 0.647. The number of piperazine rings is 1. The van der Waals surface area contributed by atoms with E-state index in [2.05, 4.69) is 21.7 Å². The first-order valence-electron chi connectivity index (χ1n) is 8.59. The van der Waals surface area contributed by atoms with Crippen LogP contribution in [0.2, 0.25) is 0 Å². The van der Waals surface area contributed by atoms with Crippen LogP contribution in [0.5, 0.6) is 0 Å². The Bertz CT molecular complexity index is 658. The van der Waals surface area contributed by atoms with Gasteiger partial charge in [-0.15, -0.1) is 11.3 Å². The van der Waals surface area contributed by atoms with Gasteiger partial charge < -0.3 is 9.80 Å². The molecule has 0 spiro atoms. The Morgan fingerprint density at radius 3 is 2.68 bits per heavy atom. The summed E-state index contributed by atoms with van der Waals surface area (Å²) in [6.07, 6.45) is 8.22. The summed E-state index contributed by atoms with van der Waals surface area (Å²) in [6.45, 7) is 7.87. The Labute approximate surface area is 136 Å². The molecule has 0 saturated carbocycles. The number of nitrogens with zero attached hydrogens (tertiary/aromatic N) is 4. The highest BCUT2D eigenvalue weighted by Gasteiger charge is 2.23. The molecule has 0 N–H and O–H groups in total. The van der Waals surface area contributed by atoms with E-state index in [9.17, 15) is 0 Å². The average Bonchev–Trinajstić information content (AvgIpc) is 2.76. The van der Waals surface area contributed by atoms with Crippen LogP contribution < -0.4 is 4.90 Å². The third-order valence-corrected chi connectivity index (χ3v) is 6.30. The second kappa shape index (κ2) is 6.13. The van der Waals surface area contributed by atoms with Crippen molar-refractivity contribution >= 4 is 27.4 Å². The first kappa shape index (κ1) is 14.4. The third kappa shape index (κ3) is 2.50. The van der Waals surface area contributed by atoms with Crippen molar-refractivity contribution in [2.45, 2.75) is 39.0 Å². The Morgan fingerprint density at radius 2 is 1.86 bits per heavy atom. The molecular formula is C17H24N4S. The van der Waals surface area contributed by atoms with Gasteiger partial charge in [-0.2, -0.15) is 0 Å². The van der Waals surface area contributed by atoms with Crippen LogP contribution in [0.15, 0.2) is 6.33 Å². The van der Waals surface area contributed by atoms with Crippen molar-refractivity contribution in [1.82, 2.24) is 14.9 Å². The number of aromatic nitrogens is 2. The number of rotatable bonds is 2. The number of aryl methyl sites for hydroxylation is 2. The molecule has 2 aliphatic rings. The van der Waals surface area contributed by atoms with Crippen molar-refractivity contribution < 1.29 is 0 Å². The summed E-state index contributed by atoms with van der Waals surface area (Å²) in [5, 5.41) is 1.37. The molecule has 0 bridgehead atoms. The molecule has 2 aromatic rings. The van der Waals surface area contributed by atoms with Crippen LogP contribution in [0.4, 0.5) is 5.82 Å². The van der Waals surface area contributed by atoms with Gasteiger partial charge in [-0.1, -0.05) is 13.3 Å². The fourth-order valence-corrected chi connectivity index (χ4v) is 4.99. The van der Waals surface area contributed by atoms with Gasteiger partial charge in [0, 0.05) is 31.1 Å². The van der Waals surface area contributed by atoms with Crippen molar-refractivity contribution in [3.63, 3.8) is 0 Å². The molecule has 22 heavy (non-hydrogen) atoms. The van der Waals surface area contributed by atoms with Gasteiger partial charge in [0.25, 0.3) is 0 Å². The molecule has 1 aliphatic heterocycles. The van der Waals surface area contributed by atoms with Crippen molar-refractivity contribution in [1.29, 1.82) is 0 Å². The summed E-state index contributed by atoms with van der Waals surface area (Å²) in [4.78, 5) is 17.0. The molecule has 118 valence electrons. The molecule has 0 aromatic carbocycles. The Kier molecular flexibility index (Phi) is 4.01. The molecule has 4 nitrogen and oxygen atoms in total. The second-order valence-electron chi connectivity index (χ2n) is 6.36. The van der Waals surface area contributed by atoms with Gasteiger partial charge in [0.05, 0.1) is 5.39 Å². The lowest BCUT2D eigenvalue weighted by atomic mass is 10.1. The van der Waals surface area contributed by atoms with Gasteiger partial charge >= 0.3 is 0 Å². The first-order chi connectivity index (χ1) is 10.9. The lowest BCUT2D eigenvalue weighted by molar-refractivity contribution is 0.271. The van der Waals surface area contributed by atoms with E-state index in [0.29, 0.717) is 0 Å². The summed E-state index contributed by atoms with van der Waals surface area (Å²) in [5.41, 5.74) is 1.56. The average molecular weight is 316 g/mol. The molecule has 2 aromatic heterocycles. The molecular weight excluding hydrogens is 292 g/mol. The minimum Gasteiger partial charge on any atom is -0.353 e. The monoisotopic (exact) mass is 316 g/mol. The predicted octanol–water partition coefficient (Wildman–Crippen LogP) is 3.10. The van der Waals surface area contributed by atoms with Crippen molar-refractivity contribution in [3.05, 3.63) is 16.8 Å². The van der Waals surface area contributed by atoms with Crippen LogP contribution in [0.1, 0.15) is 36.6 Å². The van der Waals surface area contributed by atoms with E-state index in [-0.39, 0.29) is 0 Å². The first-order valence-corrected chi connectivity index (χ1v) is 9.41. The highest BCUT2D eigenvalue weighted by molar-refractivity contribution is 7.18. The molecule has 0 amide bonds. The fourth-order valence-electron chi connectivity index (χ4n) is 3.77. The summed E-state index contributed by atoms with van der Waals surface area (Å²) in [6, 6.07) is 0. The number of hydrogen-bond acceptors (Lipinski definition) is 5. The maximum atomic E-state index is 4.70. The zero-order valence-electron chi connectivity index (χ0n) is 13.3. The van der Waals surface area contributed by atoms with E-state index in [1.165, 1.54) is 48.1 Å². The quantitative estimate of drug-likeness (QED) is 0.797. The topological polar surface area (TPSA) is 32.3 Å². The van der Waals surface area contributed by atoms with E-state index in [4.69, 9.17) is 4.98 Å². The zero-order valence-corrected chi connectivity index (χ0v) is 14.2. The molecule has 5 heteroatoms. The Morgan fingerprint density at radius 1 is 1.05 bits per heavy atom. The lowest BCUT2D eigenvalue weighted by Gasteiger charge is -2.35. The van der Waals surface area contributed by atoms with Crippen LogP contribution in [0, 0.1) is 0 Å². The standard InChI is InChI=1S/C17H24N4S/c1-2-20-8-10-21(11-9-20)16-15-13-6-4-3-5-7-14(13)22-17(15)19-12-18-16/h12H,2-11H2,1H3. The molecule has 0 atom stereocenters. The predicted molar refractivity (Wildman–Crippen MR) is 93.0 cm³/mol. The largest absolute Gasteiger partial charge is 0.353 e. The maximum absolute atomic E-state index is 4.70. The van der Waals surface area contributed by atoms with Crippen LogP contribution in [0.25, 0.3) is 10.2 Å². The number of fused-ring (bicyclic) bond motifs is 3. The van der Waals surface area contributed by atoms with Gasteiger partial charge in [0.1, 0.15) is 17.0 Å². The number of hydrogen-bond donors (Lipinski definition) is 0. The molecule has 0 unspecified atom stereocenters. The van der Waals surface area contributed by atoms with E-state index < -0.39 is 0 Å². The van der Waals surface area contributed by atoms with Crippen LogP contribution >= 0.6 is 11.3 Å². The molecule has 4 rings (SSSR count). The van der Waals surface area contributed by atoms with E-state index in [1.807, 2.05) is 11.3 Å². The number of likely N-dealkylation sites (N-methyl/N-ethyl adjacent to an activating group) is 1. The van der Waals surface area contributed by atoms with Crippen molar-refractivity contribution in [2.75, 3.05) is 37.6 Å². The van der Waals surface area contributed by atoms with Crippen molar-refractivity contribution in [2.24, 2.45) is 0 Å². The molecule has 1 fully saturated rings. The van der Waals surface area contributed by atoms with Gasteiger partial charge in [-0.05, 0) is 37.8 Å². The van der Waals surface area contributed by atoms with E-state index in [0.717, 1.165) is 32.7 Å². The summed E-state index contributed by atoms with van der Waals surface area (Å²) < 4.78 is 0. The minimum atomic E-state index is 1.09. The molecule has 3 heterocycles. The van der Waals surface area contributed by atoms with E-state index in [1.54, 1.807) is 16.8 Å². The summed E-state index contributed by atoms with van der Waals surface area (Å²) in [5.74, 6) is 1.19. The van der Waals surface area contributed by atoms with Gasteiger partial charge in [-0.3, -0.25) is 0 Å². The molecule has 1 aliphatic carbocycles. The number of anilines is 1. The highest BCUT2D eigenvalue weighted by Crippen LogP contribution is 2.38. The van der Waals surface area contributed by atoms with Crippen LogP contribution in [-0.2, 0) is 12.8 Å². The second-order valence-corrected chi connectivity index (χ2v) is 7.45. The Balaban J connectivity index is 1.73. The van der Waals surface area contributed by atoms with Crippen molar-refractivity contribution in [3.8, 4) is 0 Å². The van der Waals surface area contributed by atoms with Gasteiger partial charge in [0.15, 0.2) is 0 Å². The third-order valence-electron chi connectivity index (χ3n) is 5.10. The smallest absolute Gasteiger partial charge is 0.141 e. The maximum Gasteiger partial charge on any atom is 0.141 e. The molecule has 1 saturated heterocycles. The van der Waals surface area contributed by atoms with Crippen LogP contribution in [0.3, 0.4) is 0 Å². The number of thiophene rings is 1. The van der Waals surface area contributed by atoms with Crippen LogP contribution in [-0.4, -0.2) is 47.6 Å². The van der Waals surface area contributed by atoms with Gasteiger partial charge in [-0.25, -0.2) is 9.97 Å². The lowest BCUT2D eigenvalue weighted by Crippen LogP contribution is -2.46.